The third-order valence-electron chi connectivity index (χ3n) is 4.57. The molecule has 0 saturated carbocycles. The van der Waals surface area contributed by atoms with Gasteiger partial charge in [0.2, 0.25) is 5.91 Å². The Bertz CT molecular complexity index is 813. The standard InChI is InChI=1S/C21H27N5OS/c1-4-9-25-10-12-26(13-11-25)19-8-6-5-7-18(19)24-20(27)15-28-21-22-16(2)14-17(3)23-21/h4-8,14H,1,9-13,15H2,2-3H3,(H,24,27). The number of nitrogens with zero attached hydrogens (tertiary/aromatic N) is 4. The fourth-order valence-corrected chi connectivity index (χ4v) is 4.03. The maximum absolute atomic E-state index is 12.5. The number of hydrogen-bond acceptors (Lipinski definition) is 6. The molecule has 3 rings (SSSR count). The molecule has 1 aliphatic heterocycles. The van der Waals surface area contributed by atoms with Crippen molar-refractivity contribution in [1.82, 2.24) is 14.9 Å². The molecular weight excluding hydrogens is 370 g/mol. The van der Waals surface area contributed by atoms with Crippen LogP contribution in [0.4, 0.5) is 11.4 Å². The Morgan fingerprint density at radius 2 is 1.86 bits per heavy atom. The van der Waals surface area contributed by atoms with Crippen LogP contribution in [0, 0.1) is 13.8 Å². The van der Waals surface area contributed by atoms with Gasteiger partial charge in [-0.25, -0.2) is 9.97 Å². The van der Waals surface area contributed by atoms with Crippen molar-refractivity contribution in [2.45, 2.75) is 19.0 Å². The number of aromatic nitrogens is 2. The Hall–Kier alpha value is -2.38. The second kappa shape index (κ2) is 9.71. The zero-order valence-electron chi connectivity index (χ0n) is 16.5. The fourth-order valence-electron chi connectivity index (χ4n) is 3.28. The van der Waals surface area contributed by atoms with E-state index in [9.17, 15) is 4.79 Å². The third-order valence-corrected chi connectivity index (χ3v) is 5.42. The predicted octanol–water partition coefficient (Wildman–Crippen LogP) is 3.13. The van der Waals surface area contributed by atoms with E-state index in [0.717, 1.165) is 55.5 Å². The van der Waals surface area contributed by atoms with Crippen molar-refractivity contribution in [3.05, 3.63) is 54.4 Å². The summed E-state index contributed by atoms with van der Waals surface area (Å²) in [5.74, 6) is 0.232. The molecule has 0 bridgehead atoms. The predicted molar refractivity (Wildman–Crippen MR) is 116 cm³/mol. The molecule has 7 heteroatoms. The number of thioether (sulfide) groups is 1. The van der Waals surface area contributed by atoms with Crippen molar-refractivity contribution in [2.24, 2.45) is 0 Å². The average Bonchev–Trinajstić information content (AvgIpc) is 2.67. The first kappa shape index (κ1) is 20.4. The lowest BCUT2D eigenvalue weighted by Gasteiger charge is -2.36. The van der Waals surface area contributed by atoms with Crippen molar-refractivity contribution < 1.29 is 4.79 Å². The topological polar surface area (TPSA) is 61.4 Å². The van der Waals surface area contributed by atoms with Gasteiger partial charge in [-0.1, -0.05) is 30.0 Å². The van der Waals surface area contributed by atoms with E-state index in [1.54, 1.807) is 0 Å². The highest BCUT2D eigenvalue weighted by molar-refractivity contribution is 7.99. The van der Waals surface area contributed by atoms with Gasteiger partial charge in [0.05, 0.1) is 17.1 Å². The van der Waals surface area contributed by atoms with E-state index in [2.05, 4.69) is 37.7 Å². The molecule has 0 unspecified atom stereocenters. The molecule has 148 valence electrons. The summed E-state index contributed by atoms with van der Waals surface area (Å²) in [6.07, 6.45) is 1.95. The molecule has 1 aromatic carbocycles. The number of carbonyl (C=O) groups excluding carboxylic acids is 1. The van der Waals surface area contributed by atoms with Gasteiger partial charge in [0, 0.05) is 44.1 Å². The molecule has 1 fully saturated rings. The molecule has 0 aliphatic carbocycles. The first-order valence-electron chi connectivity index (χ1n) is 9.47. The molecule has 28 heavy (non-hydrogen) atoms. The van der Waals surface area contributed by atoms with Gasteiger partial charge in [0.1, 0.15) is 0 Å². The number of rotatable bonds is 7. The zero-order valence-corrected chi connectivity index (χ0v) is 17.3. The van der Waals surface area contributed by atoms with Crippen LogP contribution in [0.3, 0.4) is 0 Å². The lowest BCUT2D eigenvalue weighted by atomic mass is 10.2. The average molecular weight is 398 g/mol. The number of anilines is 2. The fraction of sp³-hybridized carbons (Fsp3) is 0.381. The van der Waals surface area contributed by atoms with E-state index >= 15 is 0 Å². The highest BCUT2D eigenvalue weighted by Gasteiger charge is 2.19. The van der Waals surface area contributed by atoms with Crippen molar-refractivity contribution in [1.29, 1.82) is 0 Å². The number of amides is 1. The molecule has 0 radical (unpaired) electrons. The van der Waals surface area contributed by atoms with Gasteiger partial charge in [-0.15, -0.1) is 6.58 Å². The van der Waals surface area contributed by atoms with Crippen LogP contribution in [0.25, 0.3) is 0 Å². The maximum Gasteiger partial charge on any atom is 0.234 e. The minimum atomic E-state index is -0.0505. The minimum Gasteiger partial charge on any atom is -0.367 e. The number of aryl methyl sites for hydroxylation is 2. The van der Waals surface area contributed by atoms with Crippen molar-refractivity contribution in [3.8, 4) is 0 Å². The largest absolute Gasteiger partial charge is 0.367 e. The third kappa shape index (κ3) is 5.56. The van der Waals surface area contributed by atoms with Crippen LogP contribution in [-0.4, -0.2) is 59.3 Å². The van der Waals surface area contributed by atoms with Crippen molar-refractivity contribution in [3.63, 3.8) is 0 Å². The van der Waals surface area contributed by atoms with Gasteiger partial charge in [0.15, 0.2) is 5.16 Å². The summed E-state index contributed by atoms with van der Waals surface area (Å²) in [7, 11) is 0. The minimum absolute atomic E-state index is 0.0505. The molecule has 1 amide bonds. The van der Waals surface area contributed by atoms with E-state index in [1.807, 2.05) is 44.2 Å². The van der Waals surface area contributed by atoms with Crippen LogP contribution in [0.15, 0.2) is 48.1 Å². The normalized spacial score (nSPS) is 14.7. The van der Waals surface area contributed by atoms with Gasteiger partial charge in [-0.3, -0.25) is 9.69 Å². The van der Waals surface area contributed by atoms with Crippen LogP contribution >= 0.6 is 11.8 Å². The van der Waals surface area contributed by atoms with Crippen LogP contribution < -0.4 is 10.2 Å². The SMILES string of the molecule is C=CCN1CCN(c2ccccc2NC(=O)CSc2nc(C)cc(C)n2)CC1. The summed E-state index contributed by atoms with van der Waals surface area (Å²) in [6, 6.07) is 9.92. The van der Waals surface area contributed by atoms with Crippen LogP contribution in [0.5, 0.6) is 0 Å². The summed E-state index contributed by atoms with van der Waals surface area (Å²) in [5, 5.41) is 3.70. The van der Waals surface area contributed by atoms with Gasteiger partial charge in [-0.2, -0.15) is 0 Å². The number of hydrogen-bond donors (Lipinski definition) is 1. The number of nitrogens with one attached hydrogen (secondary N) is 1. The number of para-hydroxylation sites is 2. The second-order valence-electron chi connectivity index (χ2n) is 6.86. The summed E-state index contributed by atoms with van der Waals surface area (Å²) in [6.45, 7) is 12.5. The van der Waals surface area contributed by atoms with E-state index < -0.39 is 0 Å². The lowest BCUT2D eigenvalue weighted by molar-refractivity contribution is -0.113. The molecule has 2 heterocycles. The monoisotopic (exact) mass is 397 g/mol. The highest BCUT2D eigenvalue weighted by Crippen LogP contribution is 2.27. The van der Waals surface area contributed by atoms with Crippen LogP contribution in [0.1, 0.15) is 11.4 Å². The van der Waals surface area contributed by atoms with Gasteiger partial charge >= 0.3 is 0 Å². The molecule has 0 spiro atoms. The molecule has 6 nitrogen and oxygen atoms in total. The maximum atomic E-state index is 12.5. The molecule has 1 N–H and O–H groups in total. The molecule has 2 aromatic rings. The summed E-state index contributed by atoms with van der Waals surface area (Å²) >= 11 is 1.36. The van der Waals surface area contributed by atoms with Gasteiger partial charge < -0.3 is 10.2 Å². The Kier molecular flexibility index (Phi) is 7.06. The number of carbonyl (C=O) groups is 1. The molecule has 1 aromatic heterocycles. The van der Waals surface area contributed by atoms with Crippen molar-refractivity contribution in [2.75, 3.05) is 48.7 Å². The van der Waals surface area contributed by atoms with Gasteiger partial charge in [0.25, 0.3) is 0 Å². The van der Waals surface area contributed by atoms with E-state index in [4.69, 9.17) is 0 Å². The molecule has 1 saturated heterocycles. The smallest absolute Gasteiger partial charge is 0.234 e. The lowest BCUT2D eigenvalue weighted by Crippen LogP contribution is -2.46. The van der Waals surface area contributed by atoms with E-state index in [-0.39, 0.29) is 11.7 Å². The Balaban J connectivity index is 1.60. The zero-order chi connectivity index (χ0) is 19.9. The number of benzene rings is 1. The van der Waals surface area contributed by atoms with Crippen LogP contribution in [-0.2, 0) is 4.79 Å². The molecule has 0 atom stereocenters. The molecule has 1 aliphatic rings. The van der Waals surface area contributed by atoms with E-state index in [1.165, 1.54) is 11.8 Å². The van der Waals surface area contributed by atoms with Gasteiger partial charge in [-0.05, 0) is 32.0 Å². The Morgan fingerprint density at radius 1 is 1.18 bits per heavy atom. The first-order valence-corrected chi connectivity index (χ1v) is 10.5. The molecular formula is C21H27N5OS. The Labute approximate surface area is 171 Å². The summed E-state index contributed by atoms with van der Waals surface area (Å²) in [4.78, 5) is 26.0. The highest BCUT2D eigenvalue weighted by atomic mass is 32.2. The first-order chi connectivity index (χ1) is 13.5. The van der Waals surface area contributed by atoms with E-state index in [0.29, 0.717) is 5.16 Å². The number of piperazine rings is 1. The van der Waals surface area contributed by atoms with Crippen molar-refractivity contribution >= 4 is 29.0 Å². The summed E-state index contributed by atoms with van der Waals surface area (Å²) < 4.78 is 0. The quantitative estimate of drug-likeness (QED) is 0.440. The Morgan fingerprint density at radius 3 is 2.54 bits per heavy atom. The van der Waals surface area contributed by atoms with Crippen LogP contribution in [0.2, 0.25) is 0 Å². The summed E-state index contributed by atoms with van der Waals surface area (Å²) in [5.41, 5.74) is 3.75. The second-order valence-corrected chi connectivity index (χ2v) is 7.81.